The van der Waals surface area contributed by atoms with Gasteiger partial charge in [-0.3, -0.25) is 0 Å². The lowest BCUT2D eigenvalue weighted by Crippen LogP contribution is -2.10. The lowest BCUT2D eigenvalue weighted by atomic mass is 10.0. The lowest BCUT2D eigenvalue weighted by molar-refractivity contribution is 0.413. The Kier molecular flexibility index (Phi) is 3.81. The number of hydrogen-bond donors (Lipinski definition) is 1. The number of ether oxygens (including phenoxy) is 1. The summed E-state index contributed by atoms with van der Waals surface area (Å²) in [6.07, 6.45) is 0. The fraction of sp³-hybridized carbons (Fsp3) is 0.125. The van der Waals surface area contributed by atoms with Crippen molar-refractivity contribution in [3.05, 3.63) is 63.8 Å². The SMILES string of the molecule is COc1cccc(C(N)c2cc3cc(Cl)cc(Cl)c3o2)c1. The summed E-state index contributed by atoms with van der Waals surface area (Å²) in [6.45, 7) is 0. The highest BCUT2D eigenvalue weighted by molar-refractivity contribution is 6.38. The zero-order chi connectivity index (χ0) is 15.0. The van der Waals surface area contributed by atoms with Gasteiger partial charge in [0.05, 0.1) is 18.2 Å². The zero-order valence-electron chi connectivity index (χ0n) is 11.3. The first-order chi connectivity index (χ1) is 10.1. The molecule has 0 amide bonds. The molecule has 1 heterocycles. The van der Waals surface area contributed by atoms with Gasteiger partial charge >= 0.3 is 0 Å². The van der Waals surface area contributed by atoms with Gasteiger partial charge in [0.2, 0.25) is 0 Å². The van der Waals surface area contributed by atoms with Crippen molar-refractivity contribution < 1.29 is 9.15 Å². The van der Waals surface area contributed by atoms with Crippen molar-refractivity contribution >= 4 is 34.2 Å². The largest absolute Gasteiger partial charge is 0.497 e. The molecule has 0 spiro atoms. The summed E-state index contributed by atoms with van der Waals surface area (Å²) in [5, 5.41) is 1.87. The highest BCUT2D eigenvalue weighted by atomic mass is 35.5. The molecule has 1 unspecified atom stereocenters. The van der Waals surface area contributed by atoms with Crippen LogP contribution in [-0.2, 0) is 0 Å². The molecule has 5 heteroatoms. The smallest absolute Gasteiger partial charge is 0.153 e. The van der Waals surface area contributed by atoms with Gasteiger partial charge in [-0.25, -0.2) is 0 Å². The second kappa shape index (κ2) is 5.60. The molecule has 1 atom stereocenters. The molecule has 0 aliphatic heterocycles. The first-order valence-electron chi connectivity index (χ1n) is 6.36. The molecule has 2 aromatic carbocycles. The van der Waals surface area contributed by atoms with Crippen LogP contribution in [0.4, 0.5) is 0 Å². The Morgan fingerprint density at radius 1 is 1.14 bits per heavy atom. The number of rotatable bonds is 3. The molecule has 0 aliphatic carbocycles. The Hall–Kier alpha value is -1.68. The molecule has 2 N–H and O–H groups in total. The van der Waals surface area contributed by atoms with Crippen molar-refractivity contribution in [2.75, 3.05) is 7.11 Å². The minimum Gasteiger partial charge on any atom is -0.497 e. The van der Waals surface area contributed by atoms with Crippen LogP contribution >= 0.6 is 23.2 Å². The Bertz CT molecular complexity index is 798. The van der Waals surface area contributed by atoms with Crippen LogP contribution in [0.25, 0.3) is 11.0 Å². The van der Waals surface area contributed by atoms with Gasteiger partial charge in [-0.1, -0.05) is 35.3 Å². The average Bonchev–Trinajstić information content (AvgIpc) is 2.90. The Labute approximate surface area is 132 Å². The van der Waals surface area contributed by atoms with E-state index in [0.717, 1.165) is 16.7 Å². The molecule has 108 valence electrons. The third kappa shape index (κ3) is 2.72. The maximum absolute atomic E-state index is 6.27. The minimum absolute atomic E-state index is 0.401. The van der Waals surface area contributed by atoms with Crippen LogP contribution < -0.4 is 10.5 Å². The van der Waals surface area contributed by atoms with E-state index in [2.05, 4.69) is 0 Å². The van der Waals surface area contributed by atoms with Crippen LogP contribution in [0.15, 0.2) is 46.9 Å². The summed E-state index contributed by atoms with van der Waals surface area (Å²) in [4.78, 5) is 0. The van der Waals surface area contributed by atoms with Crippen molar-refractivity contribution in [3.63, 3.8) is 0 Å². The van der Waals surface area contributed by atoms with Crippen molar-refractivity contribution in [2.45, 2.75) is 6.04 Å². The lowest BCUT2D eigenvalue weighted by Gasteiger charge is -2.10. The molecule has 0 fully saturated rings. The third-order valence-corrected chi connectivity index (χ3v) is 3.81. The first kappa shape index (κ1) is 14.3. The van der Waals surface area contributed by atoms with Crippen molar-refractivity contribution in [1.29, 1.82) is 0 Å². The fourth-order valence-electron chi connectivity index (χ4n) is 2.25. The standard InChI is InChI=1S/C16H13Cl2NO2/c1-20-12-4-2-3-9(6-12)15(19)14-7-10-5-11(17)8-13(18)16(10)21-14/h2-8,15H,19H2,1H3. The molecule has 3 nitrogen and oxygen atoms in total. The number of fused-ring (bicyclic) bond motifs is 1. The molecule has 21 heavy (non-hydrogen) atoms. The second-order valence-electron chi connectivity index (χ2n) is 4.71. The number of benzene rings is 2. The Morgan fingerprint density at radius 3 is 2.71 bits per heavy atom. The van der Waals surface area contributed by atoms with Gasteiger partial charge in [0, 0.05) is 10.4 Å². The summed E-state index contributed by atoms with van der Waals surface area (Å²) >= 11 is 12.1. The predicted octanol–water partition coefficient (Wildman–Crippen LogP) is 4.80. The molecular weight excluding hydrogens is 309 g/mol. The third-order valence-electron chi connectivity index (χ3n) is 3.31. The van der Waals surface area contributed by atoms with Gasteiger partial charge in [0.15, 0.2) is 5.58 Å². The molecule has 0 saturated carbocycles. The van der Waals surface area contributed by atoms with Crippen molar-refractivity contribution in [3.8, 4) is 5.75 Å². The molecular formula is C16H13Cl2NO2. The number of hydrogen-bond acceptors (Lipinski definition) is 3. The van der Waals surface area contributed by atoms with Gasteiger partial charge in [-0.15, -0.1) is 0 Å². The van der Waals surface area contributed by atoms with E-state index in [-0.39, 0.29) is 0 Å². The van der Waals surface area contributed by atoms with E-state index in [1.165, 1.54) is 0 Å². The average molecular weight is 322 g/mol. The van der Waals surface area contributed by atoms with Gasteiger partial charge in [-0.2, -0.15) is 0 Å². The van der Waals surface area contributed by atoms with E-state index in [0.29, 0.717) is 21.4 Å². The van der Waals surface area contributed by atoms with Crippen LogP contribution in [0.1, 0.15) is 17.4 Å². The zero-order valence-corrected chi connectivity index (χ0v) is 12.8. The summed E-state index contributed by atoms with van der Waals surface area (Å²) in [6, 6.07) is 12.5. The molecule has 0 radical (unpaired) electrons. The monoisotopic (exact) mass is 321 g/mol. The van der Waals surface area contributed by atoms with Gasteiger partial charge in [0.1, 0.15) is 11.5 Å². The summed E-state index contributed by atoms with van der Waals surface area (Å²) < 4.78 is 11.0. The minimum atomic E-state index is -0.401. The first-order valence-corrected chi connectivity index (χ1v) is 7.12. The molecule has 0 aliphatic rings. The van der Waals surface area contributed by atoms with Gasteiger partial charge in [0.25, 0.3) is 0 Å². The number of furan rings is 1. The van der Waals surface area contributed by atoms with Gasteiger partial charge in [-0.05, 0) is 35.9 Å². The molecule has 0 saturated heterocycles. The van der Waals surface area contributed by atoms with Gasteiger partial charge < -0.3 is 14.9 Å². The summed E-state index contributed by atoms with van der Waals surface area (Å²) in [7, 11) is 1.62. The summed E-state index contributed by atoms with van der Waals surface area (Å²) in [5.74, 6) is 1.38. The highest BCUT2D eigenvalue weighted by Gasteiger charge is 2.16. The Morgan fingerprint density at radius 2 is 1.95 bits per heavy atom. The topological polar surface area (TPSA) is 48.4 Å². The molecule has 3 rings (SSSR count). The predicted molar refractivity (Wildman–Crippen MR) is 85.3 cm³/mol. The van der Waals surface area contributed by atoms with Crippen LogP contribution in [-0.4, -0.2) is 7.11 Å². The maximum atomic E-state index is 6.27. The summed E-state index contributed by atoms with van der Waals surface area (Å²) in [5.41, 5.74) is 7.76. The van der Waals surface area contributed by atoms with E-state index in [1.807, 2.05) is 30.3 Å². The second-order valence-corrected chi connectivity index (χ2v) is 5.55. The van der Waals surface area contributed by atoms with E-state index >= 15 is 0 Å². The molecule has 1 aromatic heterocycles. The number of nitrogens with two attached hydrogens (primary N) is 1. The number of methoxy groups -OCH3 is 1. The van der Waals surface area contributed by atoms with Crippen LogP contribution in [0, 0.1) is 0 Å². The van der Waals surface area contributed by atoms with Crippen LogP contribution in [0.2, 0.25) is 10.0 Å². The van der Waals surface area contributed by atoms with E-state index in [9.17, 15) is 0 Å². The van der Waals surface area contributed by atoms with Crippen molar-refractivity contribution in [1.82, 2.24) is 0 Å². The number of halogens is 2. The van der Waals surface area contributed by atoms with E-state index < -0.39 is 6.04 Å². The maximum Gasteiger partial charge on any atom is 0.153 e. The van der Waals surface area contributed by atoms with Crippen LogP contribution in [0.5, 0.6) is 5.75 Å². The van der Waals surface area contributed by atoms with E-state index in [1.54, 1.807) is 19.2 Å². The van der Waals surface area contributed by atoms with Crippen LogP contribution in [0.3, 0.4) is 0 Å². The van der Waals surface area contributed by atoms with Crippen molar-refractivity contribution in [2.24, 2.45) is 5.73 Å². The molecule has 0 bridgehead atoms. The molecule has 3 aromatic rings. The quantitative estimate of drug-likeness (QED) is 0.754. The Balaban J connectivity index is 2.05. The normalized spacial score (nSPS) is 12.6. The van der Waals surface area contributed by atoms with E-state index in [4.69, 9.17) is 38.1 Å². The highest BCUT2D eigenvalue weighted by Crippen LogP contribution is 2.34. The fourth-order valence-corrected chi connectivity index (χ4v) is 2.80.